The van der Waals surface area contributed by atoms with E-state index in [0.717, 1.165) is 10.0 Å². The van der Waals surface area contributed by atoms with Gasteiger partial charge in [-0.25, -0.2) is 0 Å². The number of hydrogen-bond donors (Lipinski definition) is 0. The summed E-state index contributed by atoms with van der Waals surface area (Å²) in [6, 6.07) is 5.29. The Morgan fingerprint density at radius 1 is 1.31 bits per heavy atom. The van der Waals surface area contributed by atoms with Gasteiger partial charge in [-0.05, 0) is 24.6 Å². The Labute approximate surface area is 99.5 Å². The van der Waals surface area contributed by atoms with Crippen molar-refractivity contribution in [3.05, 3.63) is 28.2 Å². The maximum Gasteiger partial charge on any atom is 0.411 e. The molecule has 1 rings (SSSR count). The van der Waals surface area contributed by atoms with E-state index in [1.165, 1.54) is 0 Å². The predicted octanol–water partition coefficient (Wildman–Crippen LogP) is 3.67. The number of aryl methyl sites for hydroxylation is 1. The van der Waals surface area contributed by atoms with E-state index < -0.39 is 19.6 Å². The Balaban J connectivity index is 2.40. The standard InChI is InChI=1S/C10H10BrF3O2/c1-7-2-3-8(11)4-9(7)16-6-15-5-10(12,13)14/h2-4H,5-6H2,1H3. The fourth-order valence-corrected chi connectivity index (χ4v) is 1.33. The Kier molecular flexibility index (Phi) is 4.61. The van der Waals surface area contributed by atoms with Crippen LogP contribution in [-0.4, -0.2) is 19.6 Å². The first-order valence-electron chi connectivity index (χ1n) is 4.42. The molecule has 1 aromatic carbocycles. The van der Waals surface area contributed by atoms with E-state index in [9.17, 15) is 13.2 Å². The average molecular weight is 299 g/mol. The summed E-state index contributed by atoms with van der Waals surface area (Å²) in [6.45, 7) is 0.0718. The second-order valence-corrected chi connectivity index (χ2v) is 4.05. The summed E-state index contributed by atoms with van der Waals surface area (Å²) in [5.74, 6) is 0.497. The van der Waals surface area contributed by atoms with Crippen molar-refractivity contribution in [1.29, 1.82) is 0 Å². The maximum absolute atomic E-state index is 11.7. The molecule has 1 aromatic rings. The van der Waals surface area contributed by atoms with Gasteiger partial charge in [0.15, 0.2) is 6.79 Å². The first-order valence-corrected chi connectivity index (χ1v) is 5.21. The van der Waals surface area contributed by atoms with Crippen molar-refractivity contribution in [2.24, 2.45) is 0 Å². The molecular weight excluding hydrogens is 289 g/mol. The summed E-state index contributed by atoms with van der Waals surface area (Å²) < 4.78 is 45.4. The monoisotopic (exact) mass is 298 g/mol. The molecule has 0 aliphatic heterocycles. The number of benzene rings is 1. The summed E-state index contributed by atoms with van der Waals surface area (Å²) in [7, 11) is 0. The van der Waals surface area contributed by atoms with Crippen LogP contribution in [0.1, 0.15) is 5.56 Å². The van der Waals surface area contributed by atoms with Gasteiger partial charge in [0, 0.05) is 4.47 Å². The van der Waals surface area contributed by atoms with Gasteiger partial charge in [0.25, 0.3) is 0 Å². The van der Waals surface area contributed by atoms with Crippen LogP contribution in [-0.2, 0) is 4.74 Å². The third-order valence-electron chi connectivity index (χ3n) is 1.71. The van der Waals surface area contributed by atoms with Crippen LogP contribution in [0.5, 0.6) is 5.75 Å². The van der Waals surface area contributed by atoms with Crippen molar-refractivity contribution in [3.8, 4) is 5.75 Å². The second kappa shape index (κ2) is 5.54. The zero-order valence-corrected chi connectivity index (χ0v) is 10.1. The Morgan fingerprint density at radius 2 is 2.00 bits per heavy atom. The Hall–Kier alpha value is -0.750. The lowest BCUT2D eigenvalue weighted by molar-refractivity contribution is -0.186. The van der Waals surface area contributed by atoms with Crippen LogP contribution in [0.4, 0.5) is 13.2 Å². The molecule has 6 heteroatoms. The molecule has 0 aliphatic rings. The van der Waals surface area contributed by atoms with Gasteiger partial charge in [0.05, 0.1) is 0 Å². The van der Waals surface area contributed by atoms with Crippen LogP contribution in [0.3, 0.4) is 0 Å². The first kappa shape index (κ1) is 13.3. The number of ether oxygens (including phenoxy) is 2. The summed E-state index contributed by atoms with van der Waals surface area (Å²) in [6.07, 6.45) is -4.32. The molecule has 0 fully saturated rings. The minimum Gasteiger partial charge on any atom is -0.467 e. The molecule has 0 N–H and O–H groups in total. The fourth-order valence-electron chi connectivity index (χ4n) is 0.992. The van der Waals surface area contributed by atoms with Crippen molar-refractivity contribution < 1.29 is 22.6 Å². The lowest BCUT2D eigenvalue weighted by atomic mass is 10.2. The molecule has 0 radical (unpaired) electrons. The van der Waals surface area contributed by atoms with E-state index in [1.54, 1.807) is 19.1 Å². The molecule has 16 heavy (non-hydrogen) atoms. The molecule has 0 heterocycles. The topological polar surface area (TPSA) is 18.5 Å². The highest BCUT2D eigenvalue weighted by Crippen LogP contribution is 2.23. The van der Waals surface area contributed by atoms with E-state index in [4.69, 9.17) is 4.74 Å². The molecule has 0 atom stereocenters. The number of rotatable bonds is 4. The molecule has 0 spiro atoms. The Bertz CT molecular complexity index is 352. The SMILES string of the molecule is Cc1ccc(Br)cc1OCOCC(F)(F)F. The highest BCUT2D eigenvalue weighted by molar-refractivity contribution is 9.10. The van der Waals surface area contributed by atoms with Gasteiger partial charge in [0.2, 0.25) is 0 Å². The maximum atomic E-state index is 11.7. The highest BCUT2D eigenvalue weighted by Gasteiger charge is 2.27. The zero-order chi connectivity index (χ0) is 12.2. The molecule has 2 nitrogen and oxygen atoms in total. The summed E-state index contributed by atoms with van der Waals surface area (Å²) in [4.78, 5) is 0. The van der Waals surface area contributed by atoms with Gasteiger partial charge in [0.1, 0.15) is 12.4 Å². The van der Waals surface area contributed by atoms with Crippen LogP contribution in [0.15, 0.2) is 22.7 Å². The third kappa shape index (κ3) is 4.85. The molecule has 0 unspecified atom stereocenters. The van der Waals surface area contributed by atoms with Crippen LogP contribution < -0.4 is 4.74 Å². The summed E-state index contributed by atoms with van der Waals surface area (Å²) in [5.41, 5.74) is 0.832. The minimum atomic E-state index is -4.32. The fraction of sp³-hybridized carbons (Fsp3) is 0.400. The van der Waals surface area contributed by atoms with Crippen LogP contribution in [0.25, 0.3) is 0 Å². The molecule has 0 aliphatic carbocycles. The smallest absolute Gasteiger partial charge is 0.411 e. The van der Waals surface area contributed by atoms with Gasteiger partial charge in [-0.3, -0.25) is 0 Å². The molecule has 0 amide bonds. The molecular formula is C10H10BrF3O2. The van der Waals surface area contributed by atoms with Gasteiger partial charge in [-0.1, -0.05) is 22.0 Å². The molecule has 0 saturated carbocycles. The number of hydrogen-bond acceptors (Lipinski definition) is 2. The Morgan fingerprint density at radius 3 is 2.62 bits per heavy atom. The van der Waals surface area contributed by atoms with E-state index in [1.807, 2.05) is 6.07 Å². The zero-order valence-electron chi connectivity index (χ0n) is 8.47. The van der Waals surface area contributed by atoms with Gasteiger partial charge < -0.3 is 9.47 Å². The van der Waals surface area contributed by atoms with Crippen molar-refractivity contribution >= 4 is 15.9 Å². The van der Waals surface area contributed by atoms with Crippen molar-refractivity contribution in [2.45, 2.75) is 13.1 Å². The average Bonchev–Trinajstić information content (AvgIpc) is 2.16. The van der Waals surface area contributed by atoms with Crippen molar-refractivity contribution in [2.75, 3.05) is 13.4 Å². The van der Waals surface area contributed by atoms with Crippen LogP contribution in [0.2, 0.25) is 0 Å². The van der Waals surface area contributed by atoms with Gasteiger partial charge >= 0.3 is 6.18 Å². The number of halogens is 4. The first-order chi connectivity index (χ1) is 7.38. The lowest BCUT2D eigenvalue weighted by Gasteiger charge is -2.11. The van der Waals surface area contributed by atoms with E-state index in [0.29, 0.717) is 5.75 Å². The number of alkyl halides is 3. The molecule has 0 aromatic heterocycles. The molecule has 90 valence electrons. The largest absolute Gasteiger partial charge is 0.467 e. The quantitative estimate of drug-likeness (QED) is 0.624. The minimum absolute atomic E-state index is 0.420. The third-order valence-corrected chi connectivity index (χ3v) is 2.21. The second-order valence-electron chi connectivity index (χ2n) is 3.14. The highest BCUT2D eigenvalue weighted by atomic mass is 79.9. The van der Waals surface area contributed by atoms with E-state index >= 15 is 0 Å². The van der Waals surface area contributed by atoms with E-state index in [2.05, 4.69) is 20.7 Å². The van der Waals surface area contributed by atoms with Crippen LogP contribution >= 0.6 is 15.9 Å². The summed E-state index contributed by atoms with van der Waals surface area (Å²) >= 11 is 3.24. The lowest BCUT2D eigenvalue weighted by Crippen LogP contribution is -2.19. The van der Waals surface area contributed by atoms with Crippen LogP contribution in [0, 0.1) is 6.92 Å². The van der Waals surface area contributed by atoms with Crippen molar-refractivity contribution in [3.63, 3.8) is 0 Å². The molecule has 0 saturated heterocycles. The van der Waals surface area contributed by atoms with Gasteiger partial charge in [-0.2, -0.15) is 13.2 Å². The molecule has 0 bridgehead atoms. The van der Waals surface area contributed by atoms with Gasteiger partial charge in [-0.15, -0.1) is 0 Å². The van der Waals surface area contributed by atoms with Crippen molar-refractivity contribution in [1.82, 2.24) is 0 Å². The van der Waals surface area contributed by atoms with E-state index in [-0.39, 0.29) is 0 Å². The summed E-state index contributed by atoms with van der Waals surface area (Å²) in [5, 5.41) is 0. The normalized spacial score (nSPS) is 11.6. The predicted molar refractivity (Wildman–Crippen MR) is 56.4 cm³/mol.